The van der Waals surface area contributed by atoms with Crippen molar-refractivity contribution in [1.82, 2.24) is 15.2 Å². The summed E-state index contributed by atoms with van der Waals surface area (Å²) in [6.07, 6.45) is 2.01. The Kier molecular flexibility index (Phi) is 6.34. The smallest absolute Gasteiger partial charge is 0.277 e. The molecule has 2 aliphatic rings. The minimum absolute atomic E-state index is 0.0919. The molecule has 10 nitrogen and oxygen atoms in total. The molecule has 2 aromatic rings. The van der Waals surface area contributed by atoms with Gasteiger partial charge in [-0.15, -0.1) is 0 Å². The number of ether oxygens (including phenoxy) is 1. The number of pyridine rings is 1. The first-order valence-corrected chi connectivity index (χ1v) is 10.8. The molecule has 3 amide bonds. The highest BCUT2D eigenvalue weighted by atomic mass is 16.5. The van der Waals surface area contributed by atoms with Gasteiger partial charge in [0.25, 0.3) is 11.5 Å². The van der Waals surface area contributed by atoms with Gasteiger partial charge >= 0.3 is 0 Å². The summed E-state index contributed by atoms with van der Waals surface area (Å²) in [6, 6.07) is 9.19. The van der Waals surface area contributed by atoms with E-state index in [2.05, 4.69) is 16.0 Å². The lowest BCUT2D eigenvalue weighted by Gasteiger charge is -2.28. The number of amides is 3. The maximum absolute atomic E-state index is 12.9. The summed E-state index contributed by atoms with van der Waals surface area (Å²) in [6.45, 7) is 1.81. The molecule has 0 atom stereocenters. The van der Waals surface area contributed by atoms with E-state index in [1.54, 1.807) is 43.1 Å². The molecule has 174 valence electrons. The summed E-state index contributed by atoms with van der Waals surface area (Å²) in [7, 11) is 1.74. The van der Waals surface area contributed by atoms with Crippen LogP contribution in [0.25, 0.3) is 0 Å². The van der Waals surface area contributed by atoms with Gasteiger partial charge in [0.05, 0.1) is 12.2 Å². The topological polar surface area (TPSA) is 122 Å². The fourth-order valence-electron chi connectivity index (χ4n) is 3.67. The standard InChI is InChI=1S/C23H27N5O5/c1-14-9-17-22(26-20(30)11-27(17)2)23(32)28(14)12-19(29)24-10-15-5-3-4-6-18(15)33-13-21(31)25-16-7-8-16/h3-6,9,16H,7-8,10-13H2,1-2H3,(H,24,29)(H,25,31)(H,26,30). The number of hydrogen-bond acceptors (Lipinski definition) is 6. The lowest BCUT2D eigenvalue weighted by Crippen LogP contribution is -2.41. The second kappa shape index (κ2) is 9.35. The van der Waals surface area contributed by atoms with Crippen LogP contribution in [0.2, 0.25) is 0 Å². The van der Waals surface area contributed by atoms with Gasteiger partial charge in [0.1, 0.15) is 18.0 Å². The molecule has 1 aliphatic carbocycles. The molecule has 4 rings (SSSR count). The molecule has 1 aliphatic heterocycles. The number of nitrogens with one attached hydrogen (secondary N) is 3. The molecule has 1 saturated carbocycles. The average Bonchev–Trinajstić information content (AvgIpc) is 3.59. The van der Waals surface area contributed by atoms with Gasteiger partial charge in [0.15, 0.2) is 6.61 Å². The van der Waals surface area contributed by atoms with E-state index in [0.29, 0.717) is 22.7 Å². The van der Waals surface area contributed by atoms with Crippen molar-refractivity contribution < 1.29 is 19.1 Å². The van der Waals surface area contributed by atoms with Crippen molar-refractivity contribution in [2.75, 3.05) is 30.4 Å². The van der Waals surface area contributed by atoms with Crippen molar-refractivity contribution in [3.05, 3.63) is 51.9 Å². The van der Waals surface area contributed by atoms with Crippen LogP contribution >= 0.6 is 0 Å². The zero-order valence-electron chi connectivity index (χ0n) is 18.6. The van der Waals surface area contributed by atoms with E-state index in [9.17, 15) is 19.2 Å². The summed E-state index contributed by atoms with van der Waals surface area (Å²) in [5.74, 6) is -0.297. The number of carbonyl (C=O) groups is 3. The molecule has 1 aromatic heterocycles. The molecule has 0 unspecified atom stereocenters. The summed E-state index contributed by atoms with van der Waals surface area (Å²) in [5, 5.41) is 8.26. The quantitative estimate of drug-likeness (QED) is 0.536. The zero-order chi connectivity index (χ0) is 23.5. The molecule has 1 aromatic carbocycles. The van der Waals surface area contributed by atoms with Gasteiger partial charge in [-0.2, -0.15) is 0 Å². The van der Waals surface area contributed by atoms with Crippen molar-refractivity contribution >= 4 is 29.1 Å². The Morgan fingerprint density at radius 2 is 1.94 bits per heavy atom. The third-order valence-corrected chi connectivity index (χ3v) is 5.59. The number of rotatable bonds is 8. The van der Waals surface area contributed by atoms with Crippen LogP contribution < -0.4 is 31.1 Å². The number of hydrogen-bond donors (Lipinski definition) is 3. The number of likely N-dealkylation sites (N-methyl/N-ethyl adjacent to an activating group) is 1. The highest BCUT2D eigenvalue weighted by Crippen LogP contribution is 2.26. The normalized spacial score (nSPS) is 14.8. The van der Waals surface area contributed by atoms with Crippen molar-refractivity contribution in [1.29, 1.82) is 0 Å². The first kappa shape index (κ1) is 22.4. The zero-order valence-corrected chi connectivity index (χ0v) is 18.6. The number of fused-ring (bicyclic) bond motifs is 1. The summed E-state index contributed by atoms with van der Waals surface area (Å²) in [4.78, 5) is 50.9. The average molecular weight is 453 g/mol. The highest BCUT2D eigenvalue weighted by Gasteiger charge is 2.25. The van der Waals surface area contributed by atoms with Crippen LogP contribution in [0.3, 0.4) is 0 Å². The van der Waals surface area contributed by atoms with Gasteiger partial charge in [-0.1, -0.05) is 18.2 Å². The number of aryl methyl sites for hydroxylation is 1. The van der Waals surface area contributed by atoms with Crippen LogP contribution in [-0.4, -0.2) is 48.5 Å². The maximum atomic E-state index is 12.9. The number of anilines is 2. The molecular formula is C23H27N5O5. The van der Waals surface area contributed by atoms with Gasteiger partial charge in [-0.25, -0.2) is 0 Å². The van der Waals surface area contributed by atoms with E-state index < -0.39 is 5.56 Å². The molecular weight excluding hydrogens is 426 g/mol. The number of nitrogens with zero attached hydrogens (tertiary/aromatic N) is 2. The minimum Gasteiger partial charge on any atom is -0.483 e. The molecule has 0 radical (unpaired) electrons. The van der Waals surface area contributed by atoms with Gasteiger partial charge < -0.3 is 30.2 Å². The Bertz CT molecular complexity index is 1150. The monoisotopic (exact) mass is 453 g/mol. The lowest BCUT2D eigenvalue weighted by molar-refractivity contribution is -0.123. The first-order chi connectivity index (χ1) is 15.8. The van der Waals surface area contributed by atoms with E-state index in [1.165, 1.54) is 4.57 Å². The molecule has 10 heteroatoms. The summed E-state index contributed by atoms with van der Waals surface area (Å²) in [5.41, 5.74) is 1.71. The van der Waals surface area contributed by atoms with E-state index in [-0.39, 0.29) is 55.7 Å². The van der Waals surface area contributed by atoms with Crippen LogP contribution in [0.4, 0.5) is 11.4 Å². The number of para-hydroxylation sites is 1. The minimum atomic E-state index is -0.426. The van der Waals surface area contributed by atoms with Crippen LogP contribution in [0.15, 0.2) is 35.1 Å². The third kappa shape index (κ3) is 5.33. The Morgan fingerprint density at radius 1 is 1.18 bits per heavy atom. The number of benzene rings is 1. The van der Waals surface area contributed by atoms with E-state index in [0.717, 1.165) is 12.8 Å². The third-order valence-electron chi connectivity index (χ3n) is 5.59. The Hall–Kier alpha value is -3.82. The maximum Gasteiger partial charge on any atom is 0.277 e. The SMILES string of the molecule is Cc1cc2c(c(=O)n1CC(=O)NCc1ccccc1OCC(=O)NC1CC1)NC(=O)CN2C. The molecule has 1 fully saturated rings. The van der Waals surface area contributed by atoms with Crippen molar-refractivity contribution in [2.24, 2.45) is 0 Å². The Morgan fingerprint density at radius 3 is 2.70 bits per heavy atom. The van der Waals surface area contributed by atoms with Crippen LogP contribution in [0.5, 0.6) is 5.75 Å². The summed E-state index contributed by atoms with van der Waals surface area (Å²) < 4.78 is 6.97. The van der Waals surface area contributed by atoms with Crippen LogP contribution in [0, 0.1) is 6.92 Å². The highest BCUT2D eigenvalue weighted by molar-refractivity contribution is 6.00. The van der Waals surface area contributed by atoms with E-state index >= 15 is 0 Å². The van der Waals surface area contributed by atoms with Crippen LogP contribution in [-0.2, 0) is 27.5 Å². The number of aromatic nitrogens is 1. The van der Waals surface area contributed by atoms with Gasteiger partial charge in [0.2, 0.25) is 11.8 Å². The largest absolute Gasteiger partial charge is 0.483 e. The molecule has 2 heterocycles. The van der Waals surface area contributed by atoms with Gasteiger partial charge in [0, 0.05) is 30.9 Å². The Labute approximate surface area is 190 Å². The summed E-state index contributed by atoms with van der Waals surface area (Å²) >= 11 is 0. The molecule has 3 N–H and O–H groups in total. The lowest BCUT2D eigenvalue weighted by atomic mass is 10.2. The first-order valence-electron chi connectivity index (χ1n) is 10.8. The van der Waals surface area contributed by atoms with Crippen molar-refractivity contribution in [3.8, 4) is 5.75 Å². The van der Waals surface area contributed by atoms with Crippen molar-refractivity contribution in [2.45, 2.75) is 38.9 Å². The van der Waals surface area contributed by atoms with E-state index in [4.69, 9.17) is 4.74 Å². The molecule has 0 bridgehead atoms. The fourth-order valence-corrected chi connectivity index (χ4v) is 3.67. The molecule has 0 spiro atoms. The second-order valence-corrected chi connectivity index (χ2v) is 8.36. The van der Waals surface area contributed by atoms with Crippen LogP contribution in [0.1, 0.15) is 24.1 Å². The van der Waals surface area contributed by atoms with Gasteiger partial charge in [-0.05, 0) is 31.9 Å². The number of carbonyl (C=O) groups excluding carboxylic acids is 3. The fraction of sp³-hybridized carbons (Fsp3) is 0.391. The molecule has 33 heavy (non-hydrogen) atoms. The predicted molar refractivity (Wildman–Crippen MR) is 122 cm³/mol. The van der Waals surface area contributed by atoms with E-state index in [1.807, 2.05) is 6.07 Å². The Balaban J connectivity index is 1.39. The molecule has 0 saturated heterocycles. The predicted octanol–water partition coefficient (Wildman–Crippen LogP) is 0.519. The van der Waals surface area contributed by atoms with Crippen molar-refractivity contribution in [3.63, 3.8) is 0 Å². The second-order valence-electron chi connectivity index (χ2n) is 8.36. The van der Waals surface area contributed by atoms with Gasteiger partial charge in [-0.3, -0.25) is 19.2 Å².